The van der Waals surface area contributed by atoms with Gasteiger partial charge in [-0.15, -0.1) is 0 Å². The van der Waals surface area contributed by atoms with Crippen molar-refractivity contribution in [1.82, 2.24) is 4.72 Å². The van der Waals surface area contributed by atoms with Crippen molar-refractivity contribution in [2.45, 2.75) is 4.90 Å². The number of hydrogen-bond donors (Lipinski definition) is 1. The van der Waals surface area contributed by atoms with Crippen LogP contribution in [-0.4, -0.2) is 41.3 Å². The van der Waals surface area contributed by atoms with Gasteiger partial charge in [0.05, 0.1) is 17.1 Å². The Hall–Kier alpha value is -2.48. The van der Waals surface area contributed by atoms with E-state index < -0.39 is 16.0 Å². The van der Waals surface area contributed by atoms with E-state index in [4.69, 9.17) is 9.47 Å². The van der Waals surface area contributed by atoms with Gasteiger partial charge in [-0.25, -0.2) is 17.9 Å². The Kier molecular flexibility index (Phi) is 7.53. The van der Waals surface area contributed by atoms with Gasteiger partial charge in [0, 0.05) is 13.7 Å². The zero-order valence-electron chi connectivity index (χ0n) is 14.4. The topological polar surface area (TPSA) is 81.7 Å². The van der Waals surface area contributed by atoms with Gasteiger partial charge in [0.25, 0.3) is 0 Å². The predicted octanol–water partition coefficient (Wildman–Crippen LogP) is 2.48. The molecule has 138 valence electrons. The maximum atomic E-state index is 12.0. The minimum Gasteiger partial charge on any atom is -0.458 e. The van der Waals surface area contributed by atoms with Gasteiger partial charge < -0.3 is 9.47 Å². The molecular weight excluding hydrogens is 354 g/mol. The van der Waals surface area contributed by atoms with Crippen LogP contribution < -0.4 is 4.72 Å². The monoisotopic (exact) mass is 375 g/mol. The molecule has 2 aromatic rings. The van der Waals surface area contributed by atoms with Gasteiger partial charge in [-0.2, -0.15) is 0 Å². The van der Waals surface area contributed by atoms with Gasteiger partial charge in [0.15, 0.2) is 0 Å². The zero-order valence-corrected chi connectivity index (χ0v) is 15.2. The number of hydrogen-bond acceptors (Lipinski definition) is 5. The van der Waals surface area contributed by atoms with Crippen LogP contribution in [-0.2, 0) is 19.5 Å². The van der Waals surface area contributed by atoms with Gasteiger partial charge in [-0.3, -0.25) is 0 Å². The summed E-state index contributed by atoms with van der Waals surface area (Å²) >= 11 is 0. The van der Waals surface area contributed by atoms with E-state index in [0.717, 1.165) is 5.56 Å². The van der Waals surface area contributed by atoms with Crippen molar-refractivity contribution < 1.29 is 22.7 Å². The first-order valence-corrected chi connectivity index (χ1v) is 9.48. The number of sulfonamides is 1. The fourth-order valence-electron chi connectivity index (χ4n) is 2.09. The first-order chi connectivity index (χ1) is 12.5. The van der Waals surface area contributed by atoms with E-state index in [1.165, 1.54) is 31.4 Å². The third-order valence-corrected chi connectivity index (χ3v) is 4.90. The summed E-state index contributed by atoms with van der Waals surface area (Å²) in [5, 5.41) is 0. The SMILES string of the molecule is COCCNS(=O)(=O)c1ccc(C(=O)OC/C=C/c2ccccc2)cc1. The normalized spacial score (nSPS) is 11.6. The molecule has 7 heteroatoms. The number of ether oxygens (including phenoxy) is 2. The Morgan fingerprint density at radius 2 is 1.77 bits per heavy atom. The Balaban J connectivity index is 1.89. The second kappa shape index (κ2) is 9.86. The number of benzene rings is 2. The van der Waals surface area contributed by atoms with E-state index in [-0.39, 0.29) is 30.2 Å². The summed E-state index contributed by atoms with van der Waals surface area (Å²) in [6.45, 7) is 0.586. The lowest BCUT2D eigenvalue weighted by Gasteiger charge is -2.07. The number of carbonyl (C=O) groups excluding carboxylic acids is 1. The second-order valence-electron chi connectivity index (χ2n) is 5.33. The third kappa shape index (κ3) is 6.11. The van der Waals surface area contributed by atoms with Crippen LogP contribution in [0.3, 0.4) is 0 Å². The highest BCUT2D eigenvalue weighted by Crippen LogP contribution is 2.11. The predicted molar refractivity (Wildman–Crippen MR) is 99.3 cm³/mol. The zero-order chi connectivity index (χ0) is 18.8. The highest BCUT2D eigenvalue weighted by Gasteiger charge is 2.14. The van der Waals surface area contributed by atoms with Crippen LogP contribution in [0.2, 0.25) is 0 Å². The molecule has 0 aliphatic rings. The number of esters is 1. The molecule has 0 fully saturated rings. The molecule has 1 N–H and O–H groups in total. The van der Waals surface area contributed by atoms with E-state index in [1.54, 1.807) is 6.08 Å². The van der Waals surface area contributed by atoms with Crippen molar-refractivity contribution >= 4 is 22.1 Å². The van der Waals surface area contributed by atoms with Crippen molar-refractivity contribution in [3.05, 3.63) is 71.8 Å². The average molecular weight is 375 g/mol. The quantitative estimate of drug-likeness (QED) is 0.538. The van der Waals surface area contributed by atoms with Crippen LogP contribution in [0.4, 0.5) is 0 Å². The fraction of sp³-hybridized carbons (Fsp3) is 0.211. The van der Waals surface area contributed by atoms with Crippen LogP contribution in [0, 0.1) is 0 Å². The number of carbonyl (C=O) groups is 1. The van der Waals surface area contributed by atoms with Crippen LogP contribution in [0.15, 0.2) is 65.6 Å². The minimum absolute atomic E-state index is 0.0779. The van der Waals surface area contributed by atoms with Gasteiger partial charge in [-0.05, 0) is 35.9 Å². The summed E-state index contributed by atoms with van der Waals surface area (Å²) < 4.78 is 36.4. The standard InChI is InChI=1S/C19H21NO5S/c1-24-15-13-20-26(22,23)18-11-9-17(10-12-18)19(21)25-14-5-8-16-6-3-2-4-7-16/h2-12,20H,13-15H2,1H3/b8-5+. The molecule has 0 spiro atoms. The lowest BCUT2D eigenvalue weighted by Crippen LogP contribution is -2.27. The molecule has 0 aromatic heterocycles. The van der Waals surface area contributed by atoms with E-state index in [9.17, 15) is 13.2 Å². The Bertz CT molecular complexity index is 830. The molecule has 6 nitrogen and oxygen atoms in total. The second-order valence-corrected chi connectivity index (χ2v) is 7.09. The molecule has 26 heavy (non-hydrogen) atoms. The summed E-state index contributed by atoms with van der Waals surface area (Å²) in [5.41, 5.74) is 1.30. The van der Waals surface area contributed by atoms with Crippen molar-refractivity contribution in [2.75, 3.05) is 26.9 Å². The van der Waals surface area contributed by atoms with E-state index in [2.05, 4.69) is 4.72 Å². The molecule has 0 amide bonds. The average Bonchev–Trinajstić information content (AvgIpc) is 2.66. The lowest BCUT2D eigenvalue weighted by atomic mass is 10.2. The molecule has 2 rings (SSSR count). The molecule has 0 bridgehead atoms. The highest BCUT2D eigenvalue weighted by molar-refractivity contribution is 7.89. The lowest BCUT2D eigenvalue weighted by molar-refractivity contribution is 0.0550. The summed E-state index contributed by atoms with van der Waals surface area (Å²) in [4.78, 5) is 12.1. The van der Waals surface area contributed by atoms with Crippen LogP contribution in [0.1, 0.15) is 15.9 Å². The molecule has 0 atom stereocenters. The molecule has 0 unspecified atom stereocenters. The molecule has 0 heterocycles. The van der Waals surface area contributed by atoms with Gasteiger partial charge in [0.2, 0.25) is 10.0 Å². The number of nitrogens with one attached hydrogen (secondary N) is 1. The van der Waals surface area contributed by atoms with Crippen LogP contribution >= 0.6 is 0 Å². The van der Waals surface area contributed by atoms with Crippen LogP contribution in [0.25, 0.3) is 6.08 Å². The summed E-state index contributed by atoms with van der Waals surface area (Å²) in [7, 11) is -2.13. The molecule has 0 aliphatic carbocycles. The largest absolute Gasteiger partial charge is 0.458 e. The van der Waals surface area contributed by atoms with Crippen LogP contribution in [0.5, 0.6) is 0 Å². The van der Waals surface area contributed by atoms with Gasteiger partial charge in [0.1, 0.15) is 6.61 Å². The van der Waals surface area contributed by atoms with Crippen molar-refractivity contribution in [3.63, 3.8) is 0 Å². The summed E-state index contributed by atoms with van der Waals surface area (Å²) in [6.07, 6.45) is 3.60. The van der Waals surface area contributed by atoms with E-state index in [1.807, 2.05) is 36.4 Å². The molecule has 0 aliphatic heterocycles. The van der Waals surface area contributed by atoms with Gasteiger partial charge >= 0.3 is 5.97 Å². The number of rotatable bonds is 9. The molecule has 0 saturated heterocycles. The van der Waals surface area contributed by atoms with Crippen molar-refractivity contribution in [1.29, 1.82) is 0 Å². The van der Waals surface area contributed by atoms with Crippen molar-refractivity contribution in [3.8, 4) is 0 Å². The Labute approximate surface area is 153 Å². The maximum absolute atomic E-state index is 12.0. The third-order valence-electron chi connectivity index (χ3n) is 3.42. The first kappa shape index (κ1) is 19.8. The first-order valence-electron chi connectivity index (χ1n) is 8.00. The highest BCUT2D eigenvalue weighted by atomic mass is 32.2. The van der Waals surface area contributed by atoms with Crippen molar-refractivity contribution in [2.24, 2.45) is 0 Å². The molecule has 0 saturated carbocycles. The number of methoxy groups -OCH3 is 1. The molecular formula is C19H21NO5S. The fourth-order valence-corrected chi connectivity index (χ4v) is 3.10. The van der Waals surface area contributed by atoms with Gasteiger partial charge in [-0.1, -0.05) is 36.4 Å². The smallest absolute Gasteiger partial charge is 0.338 e. The molecule has 2 aromatic carbocycles. The minimum atomic E-state index is -3.62. The maximum Gasteiger partial charge on any atom is 0.338 e. The van der Waals surface area contributed by atoms with E-state index >= 15 is 0 Å². The summed E-state index contributed by atoms with van der Waals surface area (Å²) in [6, 6.07) is 15.2. The summed E-state index contributed by atoms with van der Waals surface area (Å²) in [5.74, 6) is -0.515. The Morgan fingerprint density at radius 3 is 2.42 bits per heavy atom. The molecule has 0 radical (unpaired) electrons. The van der Waals surface area contributed by atoms with E-state index in [0.29, 0.717) is 0 Å². The Morgan fingerprint density at radius 1 is 1.08 bits per heavy atom.